The maximum Gasteiger partial charge on any atom is 0.322 e. The quantitative estimate of drug-likeness (QED) is 0.418. The molecule has 0 saturated carbocycles. The van der Waals surface area contributed by atoms with Gasteiger partial charge in [0.25, 0.3) is 0 Å². The molecule has 1 aliphatic rings. The van der Waals surface area contributed by atoms with Crippen molar-refractivity contribution in [3.05, 3.63) is 83.7 Å². The van der Waals surface area contributed by atoms with Gasteiger partial charge in [0, 0.05) is 36.7 Å². The summed E-state index contributed by atoms with van der Waals surface area (Å²) in [5, 5.41) is 2.93. The first kappa shape index (κ1) is 26.3. The van der Waals surface area contributed by atoms with Crippen LogP contribution in [-0.4, -0.2) is 52.0 Å². The number of nitrogens with one attached hydrogen (secondary N) is 1. The molecule has 1 N–H and O–H groups in total. The SMILES string of the molecule is CCOc1ccc(NC(=O)N(CC(=O)N2CCn3cccc3C2c2ccc(C(C)C)cc2)C(C)C)cc1. The summed E-state index contributed by atoms with van der Waals surface area (Å²) in [6.45, 7) is 12.0. The average molecular weight is 503 g/mol. The lowest BCUT2D eigenvalue weighted by Crippen LogP contribution is -2.50. The van der Waals surface area contributed by atoms with Gasteiger partial charge in [0.15, 0.2) is 0 Å². The molecule has 7 heteroatoms. The van der Waals surface area contributed by atoms with Crippen LogP contribution in [0.15, 0.2) is 66.9 Å². The van der Waals surface area contributed by atoms with Gasteiger partial charge >= 0.3 is 6.03 Å². The summed E-state index contributed by atoms with van der Waals surface area (Å²) in [5.41, 5.74) is 4.09. The van der Waals surface area contributed by atoms with Gasteiger partial charge in [-0.2, -0.15) is 0 Å². The second-order valence-electron chi connectivity index (χ2n) is 10.0. The summed E-state index contributed by atoms with van der Waals surface area (Å²) in [4.78, 5) is 30.5. The van der Waals surface area contributed by atoms with E-state index in [1.54, 1.807) is 17.0 Å². The second-order valence-corrected chi connectivity index (χ2v) is 10.0. The van der Waals surface area contributed by atoms with Crippen LogP contribution >= 0.6 is 0 Å². The third-order valence-corrected chi connectivity index (χ3v) is 6.88. The fourth-order valence-electron chi connectivity index (χ4n) is 4.79. The number of urea groups is 1. The Morgan fingerprint density at radius 2 is 1.70 bits per heavy atom. The van der Waals surface area contributed by atoms with Crippen molar-refractivity contribution < 1.29 is 14.3 Å². The zero-order valence-corrected chi connectivity index (χ0v) is 22.5. The first-order valence-electron chi connectivity index (χ1n) is 13.1. The van der Waals surface area contributed by atoms with Crippen molar-refractivity contribution in [1.82, 2.24) is 14.4 Å². The Hall–Kier alpha value is -3.74. The Labute approximate surface area is 220 Å². The van der Waals surface area contributed by atoms with E-state index in [0.717, 1.165) is 23.6 Å². The van der Waals surface area contributed by atoms with Crippen LogP contribution in [0.25, 0.3) is 0 Å². The third kappa shape index (κ3) is 5.98. The number of fused-ring (bicyclic) bond motifs is 1. The minimum atomic E-state index is -0.300. The minimum absolute atomic E-state index is 0.00180. The molecular formula is C30H38N4O3. The van der Waals surface area contributed by atoms with Crippen molar-refractivity contribution in [2.75, 3.05) is 25.0 Å². The van der Waals surface area contributed by atoms with Crippen LogP contribution in [0.2, 0.25) is 0 Å². The summed E-state index contributed by atoms with van der Waals surface area (Å²) in [5.74, 6) is 1.12. The van der Waals surface area contributed by atoms with E-state index in [9.17, 15) is 9.59 Å². The molecule has 2 heterocycles. The highest BCUT2D eigenvalue weighted by Crippen LogP contribution is 2.33. The van der Waals surface area contributed by atoms with Gasteiger partial charge in [-0.05, 0) is 74.2 Å². The average Bonchev–Trinajstić information content (AvgIpc) is 3.36. The van der Waals surface area contributed by atoms with Gasteiger partial charge in [0.1, 0.15) is 12.3 Å². The van der Waals surface area contributed by atoms with Gasteiger partial charge < -0.3 is 24.4 Å². The van der Waals surface area contributed by atoms with Crippen molar-refractivity contribution >= 4 is 17.6 Å². The standard InChI is InChI=1S/C30H38N4O3/c1-6-37-26-15-13-25(14-16-26)31-30(36)34(22(4)5)20-28(35)33-19-18-32-17-7-8-27(32)29(33)24-11-9-23(10-12-24)21(2)3/h7-17,21-22,29H,6,18-20H2,1-5H3,(H,31,36). The fraction of sp³-hybridized carbons (Fsp3) is 0.400. The molecule has 2 aromatic carbocycles. The lowest BCUT2D eigenvalue weighted by atomic mass is 9.95. The number of hydrogen-bond donors (Lipinski definition) is 1. The molecule has 0 radical (unpaired) electrons. The molecule has 3 amide bonds. The minimum Gasteiger partial charge on any atom is -0.494 e. The van der Waals surface area contributed by atoms with Gasteiger partial charge in [0.2, 0.25) is 5.91 Å². The number of benzene rings is 2. The van der Waals surface area contributed by atoms with Crippen LogP contribution in [0.4, 0.5) is 10.5 Å². The smallest absolute Gasteiger partial charge is 0.322 e. The number of hydrogen-bond acceptors (Lipinski definition) is 3. The van der Waals surface area contributed by atoms with Crippen molar-refractivity contribution in [2.24, 2.45) is 0 Å². The van der Waals surface area contributed by atoms with E-state index in [0.29, 0.717) is 24.8 Å². The third-order valence-electron chi connectivity index (χ3n) is 6.88. The summed E-state index contributed by atoms with van der Waals surface area (Å²) >= 11 is 0. The molecule has 0 saturated heterocycles. The number of anilines is 1. The van der Waals surface area contributed by atoms with E-state index in [1.807, 2.05) is 43.9 Å². The highest BCUT2D eigenvalue weighted by Gasteiger charge is 2.34. The summed E-state index contributed by atoms with van der Waals surface area (Å²) in [6, 6.07) is 19.3. The number of ether oxygens (including phenoxy) is 1. The predicted octanol–water partition coefficient (Wildman–Crippen LogP) is 5.88. The molecule has 4 rings (SSSR count). The lowest BCUT2D eigenvalue weighted by Gasteiger charge is -2.39. The fourth-order valence-corrected chi connectivity index (χ4v) is 4.79. The van der Waals surface area contributed by atoms with E-state index < -0.39 is 0 Å². The normalized spacial score (nSPS) is 15.0. The van der Waals surface area contributed by atoms with Gasteiger partial charge in [-0.15, -0.1) is 0 Å². The summed E-state index contributed by atoms with van der Waals surface area (Å²) in [6.07, 6.45) is 2.07. The van der Waals surface area contributed by atoms with Crippen molar-refractivity contribution in [3.63, 3.8) is 0 Å². The number of carbonyl (C=O) groups is 2. The Bertz CT molecular complexity index is 1200. The van der Waals surface area contributed by atoms with Crippen LogP contribution in [-0.2, 0) is 11.3 Å². The van der Waals surface area contributed by atoms with Crippen LogP contribution < -0.4 is 10.1 Å². The largest absolute Gasteiger partial charge is 0.494 e. The molecule has 1 aliphatic heterocycles. The number of amides is 3. The number of carbonyl (C=O) groups excluding carboxylic acids is 2. The topological polar surface area (TPSA) is 66.8 Å². The zero-order chi connectivity index (χ0) is 26.5. The van der Waals surface area contributed by atoms with Gasteiger partial charge in [0.05, 0.1) is 12.6 Å². The highest BCUT2D eigenvalue weighted by atomic mass is 16.5. The van der Waals surface area contributed by atoms with E-state index in [-0.39, 0.29) is 30.6 Å². The molecule has 1 aromatic heterocycles. The Balaban J connectivity index is 1.53. The highest BCUT2D eigenvalue weighted by molar-refractivity contribution is 5.92. The van der Waals surface area contributed by atoms with Gasteiger partial charge in [-0.3, -0.25) is 4.79 Å². The Kier molecular flexibility index (Phi) is 8.21. The van der Waals surface area contributed by atoms with Crippen LogP contribution in [0, 0.1) is 0 Å². The Morgan fingerprint density at radius 1 is 1.00 bits per heavy atom. The van der Waals surface area contributed by atoms with Crippen LogP contribution in [0.5, 0.6) is 5.75 Å². The molecule has 0 bridgehead atoms. The second kappa shape index (κ2) is 11.5. The van der Waals surface area contributed by atoms with Crippen molar-refractivity contribution in [1.29, 1.82) is 0 Å². The maximum atomic E-state index is 13.8. The van der Waals surface area contributed by atoms with E-state index >= 15 is 0 Å². The number of rotatable bonds is 8. The first-order chi connectivity index (χ1) is 17.8. The van der Waals surface area contributed by atoms with E-state index in [4.69, 9.17) is 4.74 Å². The molecule has 0 fully saturated rings. The van der Waals surface area contributed by atoms with Crippen molar-refractivity contribution in [3.8, 4) is 5.75 Å². The molecule has 1 unspecified atom stereocenters. The predicted molar refractivity (Wildman–Crippen MR) is 147 cm³/mol. The molecular weight excluding hydrogens is 464 g/mol. The first-order valence-corrected chi connectivity index (χ1v) is 13.1. The molecule has 37 heavy (non-hydrogen) atoms. The molecule has 7 nitrogen and oxygen atoms in total. The van der Waals surface area contributed by atoms with E-state index in [1.165, 1.54) is 5.56 Å². The van der Waals surface area contributed by atoms with Crippen molar-refractivity contribution in [2.45, 2.75) is 59.2 Å². The molecule has 0 spiro atoms. The zero-order valence-electron chi connectivity index (χ0n) is 22.5. The summed E-state index contributed by atoms with van der Waals surface area (Å²) < 4.78 is 7.69. The molecule has 0 aliphatic carbocycles. The van der Waals surface area contributed by atoms with Gasteiger partial charge in [-0.1, -0.05) is 38.1 Å². The van der Waals surface area contributed by atoms with Crippen LogP contribution in [0.3, 0.4) is 0 Å². The number of aromatic nitrogens is 1. The Morgan fingerprint density at radius 3 is 2.32 bits per heavy atom. The lowest BCUT2D eigenvalue weighted by molar-refractivity contribution is -0.134. The summed E-state index contributed by atoms with van der Waals surface area (Å²) in [7, 11) is 0. The van der Waals surface area contributed by atoms with E-state index in [2.05, 4.69) is 60.3 Å². The molecule has 196 valence electrons. The molecule has 1 atom stereocenters. The number of nitrogens with zero attached hydrogens (tertiary/aromatic N) is 3. The van der Waals surface area contributed by atoms with Gasteiger partial charge in [-0.25, -0.2) is 4.79 Å². The molecule has 3 aromatic rings. The monoisotopic (exact) mass is 502 g/mol. The van der Waals surface area contributed by atoms with Crippen LogP contribution in [0.1, 0.15) is 63.4 Å². The maximum absolute atomic E-state index is 13.8.